The van der Waals surface area contributed by atoms with E-state index in [1.165, 1.54) is 12.1 Å². The largest absolute Gasteiger partial charge is 0.478 e. The molecule has 0 aliphatic heterocycles. The molecule has 0 unspecified atom stereocenters. The number of benzene rings is 1. The van der Waals surface area contributed by atoms with Gasteiger partial charge in [0, 0.05) is 6.42 Å². The number of aromatic nitrogens is 1. The van der Waals surface area contributed by atoms with Crippen LogP contribution in [0.4, 0.5) is 0 Å². The Labute approximate surface area is 97.0 Å². The average molecular weight is 231 g/mol. The van der Waals surface area contributed by atoms with Crippen molar-refractivity contribution >= 4 is 17.1 Å². The molecule has 5 heteroatoms. The molecule has 1 aromatic carbocycles. The van der Waals surface area contributed by atoms with Gasteiger partial charge in [-0.2, -0.15) is 4.98 Å². The number of fused-ring (bicyclic) bond motifs is 1. The van der Waals surface area contributed by atoms with Gasteiger partial charge in [0.1, 0.15) is 12.1 Å². The Morgan fingerprint density at radius 3 is 3.12 bits per heavy atom. The Kier molecular flexibility index (Phi) is 2.97. The summed E-state index contributed by atoms with van der Waals surface area (Å²) < 4.78 is 10.4. The van der Waals surface area contributed by atoms with Crippen molar-refractivity contribution in [3.63, 3.8) is 0 Å². The quantitative estimate of drug-likeness (QED) is 0.643. The number of hydrogen-bond acceptors (Lipinski definition) is 4. The standard InChI is InChI=1S/C12H9NO4/c1-2-3-6-16-12-13-9-5-4-8(11(14)15)7-10(9)17-12/h1,4-5,7H,3,6H2,(H,14,15). The second-order valence-electron chi connectivity index (χ2n) is 3.27. The third-order valence-corrected chi connectivity index (χ3v) is 2.09. The fourth-order valence-electron chi connectivity index (χ4n) is 1.30. The van der Waals surface area contributed by atoms with Crippen molar-refractivity contribution < 1.29 is 19.1 Å². The van der Waals surface area contributed by atoms with E-state index in [4.69, 9.17) is 20.7 Å². The molecule has 86 valence electrons. The molecular formula is C12H9NO4. The van der Waals surface area contributed by atoms with E-state index in [1.807, 2.05) is 0 Å². The Hall–Kier alpha value is -2.48. The Bertz CT molecular complexity index is 594. The summed E-state index contributed by atoms with van der Waals surface area (Å²) in [5.41, 5.74) is 1.06. The highest BCUT2D eigenvalue weighted by molar-refractivity contribution is 5.91. The maximum Gasteiger partial charge on any atom is 0.394 e. The Balaban J connectivity index is 2.25. The summed E-state index contributed by atoms with van der Waals surface area (Å²) in [6.45, 7) is 0.315. The second kappa shape index (κ2) is 4.58. The molecule has 0 radical (unpaired) electrons. The van der Waals surface area contributed by atoms with Crippen LogP contribution in [0.3, 0.4) is 0 Å². The summed E-state index contributed by atoms with van der Waals surface area (Å²) in [6, 6.07) is 4.42. The van der Waals surface area contributed by atoms with E-state index in [1.54, 1.807) is 6.07 Å². The van der Waals surface area contributed by atoms with Crippen molar-refractivity contribution in [3.05, 3.63) is 23.8 Å². The van der Waals surface area contributed by atoms with Crippen LogP contribution in [0.5, 0.6) is 6.08 Å². The van der Waals surface area contributed by atoms with Crippen molar-refractivity contribution in [3.8, 4) is 18.4 Å². The number of hydrogen-bond donors (Lipinski definition) is 1. The van der Waals surface area contributed by atoms with Gasteiger partial charge in [0.05, 0.1) is 5.56 Å². The van der Waals surface area contributed by atoms with Crippen LogP contribution in [0.15, 0.2) is 22.6 Å². The maximum absolute atomic E-state index is 10.7. The van der Waals surface area contributed by atoms with Crippen molar-refractivity contribution in [1.82, 2.24) is 4.98 Å². The fourth-order valence-corrected chi connectivity index (χ4v) is 1.30. The molecule has 0 aliphatic rings. The van der Waals surface area contributed by atoms with E-state index in [2.05, 4.69) is 10.9 Å². The lowest BCUT2D eigenvalue weighted by atomic mass is 10.2. The van der Waals surface area contributed by atoms with Crippen molar-refractivity contribution in [2.24, 2.45) is 0 Å². The first kappa shape index (κ1) is 11.0. The average Bonchev–Trinajstić information content (AvgIpc) is 2.70. The highest BCUT2D eigenvalue weighted by Crippen LogP contribution is 2.21. The van der Waals surface area contributed by atoms with Gasteiger partial charge in [0.15, 0.2) is 5.58 Å². The van der Waals surface area contributed by atoms with Gasteiger partial charge >= 0.3 is 12.0 Å². The summed E-state index contributed by atoms with van der Waals surface area (Å²) in [5, 5.41) is 8.81. The summed E-state index contributed by atoms with van der Waals surface area (Å²) in [5.74, 6) is 1.41. The lowest BCUT2D eigenvalue weighted by Crippen LogP contribution is -1.95. The van der Waals surface area contributed by atoms with E-state index >= 15 is 0 Å². The van der Waals surface area contributed by atoms with Crippen LogP contribution < -0.4 is 4.74 Å². The topological polar surface area (TPSA) is 72.6 Å². The van der Waals surface area contributed by atoms with Crippen LogP contribution in [0, 0.1) is 12.3 Å². The zero-order valence-corrected chi connectivity index (χ0v) is 8.84. The molecule has 1 heterocycles. The van der Waals surface area contributed by atoms with Gasteiger partial charge in [0.2, 0.25) is 0 Å². The number of carboxylic acids is 1. The summed E-state index contributed by atoms with van der Waals surface area (Å²) in [7, 11) is 0. The van der Waals surface area contributed by atoms with Gasteiger partial charge in [-0.25, -0.2) is 4.79 Å². The minimum atomic E-state index is -1.02. The number of carbonyl (C=O) groups is 1. The predicted octanol–water partition coefficient (Wildman–Crippen LogP) is 1.93. The molecular weight excluding hydrogens is 222 g/mol. The van der Waals surface area contributed by atoms with Crippen LogP contribution >= 0.6 is 0 Å². The van der Waals surface area contributed by atoms with Crippen molar-refractivity contribution in [1.29, 1.82) is 0 Å². The minimum absolute atomic E-state index is 0.0952. The summed E-state index contributed by atoms with van der Waals surface area (Å²) >= 11 is 0. The first-order valence-electron chi connectivity index (χ1n) is 4.91. The SMILES string of the molecule is C#CCCOc1nc2ccc(C(=O)O)cc2o1. The lowest BCUT2D eigenvalue weighted by Gasteiger charge is -1.94. The van der Waals surface area contributed by atoms with Gasteiger partial charge in [0.25, 0.3) is 0 Å². The van der Waals surface area contributed by atoms with Gasteiger partial charge in [-0.1, -0.05) is 0 Å². The van der Waals surface area contributed by atoms with Gasteiger partial charge < -0.3 is 14.3 Å². The molecule has 0 bridgehead atoms. The number of carboxylic acid groups (broad SMARTS) is 1. The number of terminal acetylenes is 1. The molecule has 0 aliphatic carbocycles. The first-order valence-corrected chi connectivity index (χ1v) is 4.91. The number of rotatable bonds is 4. The third-order valence-electron chi connectivity index (χ3n) is 2.09. The molecule has 0 saturated carbocycles. The number of oxazole rings is 1. The molecule has 17 heavy (non-hydrogen) atoms. The molecule has 5 nitrogen and oxygen atoms in total. The van der Waals surface area contributed by atoms with E-state index in [-0.39, 0.29) is 11.6 Å². The van der Waals surface area contributed by atoms with E-state index in [9.17, 15) is 4.79 Å². The molecule has 2 aromatic rings. The van der Waals surface area contributed by atoms with Crippen LogP contribution in [0.25, 0.3) is 11.1 Å². The number of nitrogens with zero attached hydrogens (tertiary/aromatic N) is 1. The zero-order chi connectivity index (χ0) is 12.3. The second-order valence-corrected chi connectivity index (χ2v) is 3.27. The first-order chi connectivity index (χ1) is 8.20. The normalized spacial score (nSPS) is 10.1. The molecule has 0 spiro atoms. The molecule has 0 saturated heterocycles. The van der Waals surface area contributed by atoms with Gasteiger partial charge in [-0.05, 0) is 18.2 Å². The molecule has 0 fully saturated rings. The zero-order valence-electron chi connectivity index (χ0n) is 8.84. The highest BCUT2D eigenvalue weighted by atomic mass is 16.6. The van der Waals surface area contributed by atoms with E-state index in [0.717, 1.165) is 0 Å². The fraction of sp³-hybridized carbons (Fsp3) is 0.167. The number of aromatic carboxylic acids is 1. The van der Waals surface area contributed by atoms with E-state index < -0.39 is 5.97 Å². The lowest BCUT2D eigenvalue weighted by molar-refractivity contribution is 0.0697. The Morgan fingerprint density at radius 1 is 1.59 bits per heavy atom. The predicted molar refractivity (Wildman–Crippen MR) is 59.9 cm³/mol. The minimum Gasteiger partial charge on any atom is -0.478 e. The van der Waals surface area contributed by atoms with Crippen LogP contribution in [0.2, 0.25) is 0 Å². The van der Waals surface area contributed by atoms with Gasteiger partial charge in [-0.15, -0.1) is 12.3 Å². The van der Waals surface area contributed by atoms with E-state index in [0.29, 0.717) is 24.1 Å². The molecule has 0 atom stereocenters. The van der Waals surface area contributed by atoms with Crippen LogP contribution in [-0.4, -0.2) is 22.7 Å². The van der Waals surface area contributed by atoms with Gasteiger partial charge in [-0.3, -0.25) is 0 Å². The smallest absolute Gasteiger partial charge is 0.394 e. The molecule has 1 aromatic heterocycles. The van der Waals surface area contributed by atoms with Crippen molar-refractivity contribution in [2.45, 2.75) is 6.42 Å². The Morgan fingerprint density at radius 2 is 2.41 bits per heavy atom. The molecule has 2 rings (SSSR count). The monoisotopic (exact) mass is 231 g/mol. The third kappa shape index (κ3) is 2.37. The van der Waals surface area contributed by atoms with Crippen LogP contribution in [0.1, 0.15) is 16.8 Å². The summed E-state index contributed by atoms with van der Waals surface area (Å²) in [4.78, 5) is 14.8. The molecule has 0 amide bonds. The van der Waals surface area contributed by atoms with Crippen LogP contribution in [-0.2, 0) is 0 Å². The maximum atomic E-state index is 10.7. The number of ether oxygens (including phenoxy) is 1. The highest BCUT2D eigenvalue weighted by Gasteiger charge is 2.10. The molecule has 1 N–H and O–H groups in total. The van der Waals surface area contributed by atoms with Crippen molar-refractivity contribution in [2.75, 3.05) is 6.61 Å². The summed E-state index contributed by atoms with van der Waals surface area (Å²) in [6.07, 6.45) is 5.63.